The van der Waals surface area contributed by atoms with E-state index in [1.54, 1.807) is 31.2 Å². The van der Waals surface area contributed by atoms with E-state index in [1.807, 2.05) is 0 Å². The van der Waals surface area contributed by atoms with Gasteiger partial charge in [0.2, 0.25) is 0 Å². The number of nitrogens with zero attached hydrogens (tertiary/aromatic N) is 3. The molecule has 5 rings (SSSR count). The zero-order chi connectivity index (χ0) is 24.2. The van der Waals surface area contributed by atoms with Crippen LogP contribution in [0.5, 0.6) is 0 Å². The molecule has 174 valence electrons. The largest absolute Gasteiger partial charge is 0.481 e. The number of non-ortho nitro benzene ring substituents is 1. The van der Waals surface area contributed by atoms with Crippen molar-refractivity contribution in [3.63, 3.8) is 0 Å². The Kier molecular flexibility index (Phi) is 4.94. The Morgan fingerprint density at radius 1 is 1.35 bits per heavy atom. The number of aromatic nitrogens is 2. The van der Waals surface area contributed by atoms with Gasteiger partial charge in [0.25, 0.3) is 11.2 Å². The highest BCUT2D eigenvalue weighted by Gasteiger charge is 2.48. The Bertz CT molecular complexity index is 1460. The van der Waals surface area contributed by atoms with Crippen LogP contribution in [0.15, 0.2) is 35.1 Å². The third-order valence-corrected chi connectivity index (χ3v) is 6.36. The molecule has 0 saturated heterocycles. The molecule has 0 saturated carbocycles. The first-order chi connectivity index (χ1) is 16.3. The van der Waals surface area contributed by atoms with Gasteiger partial charge in [-0.2, -0.15) is 0 Å². The van der Waals surface area contributed by atoms with E-state index in [0.29, 0.717) is 33.4 Å². The summed E-state index contributed by atoms with van der Waals surface area (Å²) in [5.41, 5.74) is 0.514. The van der Waals surface area contributed by atoms with E-state index in [0.717, 1.165) is 0 Å². The molecule has 0 spiro atoms. The molecule has 2 aliphatic rings. The number of carbonyl (C=O) groups is 2. The van der Waals surface area contributed by atoms with Crippen LogP contribution in [0.3, 0.4) is 0 Å². The topological polar surface area (TPSA) is 151 Å². The number of aliphatic carboxylic acids is 1. The van der Waals surface area contributed by atoms with Crippen LogP contribution in [0.4, 0.5) is 5.69 Å². The van der Waals surface area contributed by atoms with Gasteiger partial charge in [-0.05, 0) is 24.6 Å². The third-order valence-electron chi connectivity index (χ3n) is 6.36. The molecule has 0 aliphatic carbocycles. The molecule has 0 amide bonds. The van der Waals surface area contributed by atoms with Gasteiger partial charge in [-0.15, -0.1) is 0 Å². The van der Waals surface area contributed by atoms with Gasteiger partial charge < -0.3 is 19.1 Å². The first-order valence-corrected chi connectivity index (χ1v) is 10.6. The van der Waals surface area contributed by atoms with Crippen LogP contribution >= 0.6 is 0 Å². The van der Waals surface area contributed by atoms with Crippen molar-refractivity contribution in [1.29, 1.82) is 0 Å². The summed E-state index contributed by atoms with van der Waals surface area (Å²) >= 11 is 0. The summed E-state index contributed by atoms with van der Waals surface area (Å²) in [5.74, 6) is -1.76. The van der Waals surface area contributed by atoms with Gasteiger partial charge >= 0.3 is 11.9 Å². The molecule has 3 aromatic rings. The average Bonchev–Trinajstić information content (AvgIpc) is 3.16. The molecule has 0 unspecified atom stereocenters. The zero-order valence-corrected chi connectivity index (χ0v) is 18.1. The highest BCUT2D eigenvalue weighted by molar-refractivity contribution is 5.91. The van der Waals surface area contributed by atoms with E-state index in [9.17, 15) is 24.5 Å². The molecule has 1 aromatic carbocycles. The number of nitro benzene ring substituents is 1. The van der Waals surface area contributed by atoms with Gasteiger partial charge in [0, 0.05) is 17.2 Å². The van der Waals surface area contributed by atoms with E-state index in [4.69, 9.17) is 14.6 Å². The maximum Gasteiger partial charge on any atom is 0.343 e. The molecular formula is C23H19N3O8. The second-order valence-corrected chi connectivity index (χ2v) is 8.16. The number of fused-ring (bicyclic) bond motifs is 5. The number of pyridine rings is 2. The fourth-order valence-electron chi connectivity index (χ4n) is 4.69. The van der Waals surface area contributed by atoms with Crippen LogP contribution in [-0.2, 0) is 37.8 Å². The van der Waals surface area contributed by atoms with Crippen LogP contribution in [0.1, 0.15) is 36.5 Å². The monoisotopic (exact) mass is 465 g/mol. The van der Waals surface area contributed by atoms with E-state index in [-0.39, 0.29) is 49.4 Å². The number of hydrogen-bond donors (Lipinski definition) is 1. The van der Waals surface area contributed by atoms with Gasteiger partial charge in [0.05, 0.1) is 52.4 Å². The van der Waals surface area contributed by atoms with E-state index < -0.39 is 22.5 Å². The first kappa shape index (κ1) is 21.7. The molecule has 1 N–H and O–H groups in total. The number of carbonyl (C=O) groups excluding carboxylic acids is 1. The minimum Gasteiger partial charge on any atom is -0.481 e. The molecule has 11 heteroatoms. The van der Waals surface area contributed by atoms with Crippen molar-refractivity contribution in [3.05, 3.63) is 67.5 Å². The predicted molar refractivity (Wildman–Crippen MR) is 117 cm³/mol. The van der Waals surface area contributed by atoms with Crippen molar-refractivity contribution in [2.24, 2.45) is 0 Å². The zero-order valence-electron chi connectivity index (χ0n) is 18.1. The van der Waals surface area contributed by atoms with Gasteiger partial charge in [-0.1, -0.05) is 13.0 Å². The Morgan fingerprint density at radius 3 is 2.85 bits per heavy atom. The van der Waals surface area contributed by atoms with Crippen LogP contribution in [0.25, 0.3) is 22.3 Å². The summed E-state index contributed by atoms with van der Waals surface area (Å²) in [6.07, 6.45) is -0.186. The second kappa shape index (κ2) is 7.73. The number of hydrogen-bond acceptors (Lipinski definition) is 8. The van der Waals surface area contributed by atoms with Gasteiger partial charge in [0.1, 0.15) is 6.61 Å². The number of esters is 1. The SMILES string of the molecule is CC[C@@]1(OCCC(=O)O)C(=O)OCc2c1cc1n(c2=O)Cc2cc3c([N+](=O)[O-])cccc3nc2-1. The van der Waals surface area contributed by atoms with Crippen molar-refractivity contribution in [2.75, 3.05) is 6.61 Å². The molecule has 1 atom stereocenters. The number of rotatable bonds is 6. The van der Waals surface area contributed by atoms with Crippen LogP contribution in [-0.4, -0.2) is 38.1 Å². The Labute approximate surface area is 191 Å². The normalized spacial score (nSPS) is 18.2. The van der Waals surface area contributed by atoms with E-state index >= 15 is 0 Å². The van der Waals surface area contributed by atoms with Gasteiger partial charge in [-0.25, -0.2) is 9.78 Å². The lowest BCUT2D eigenvalue weighted by molar-refractivity contribution is -0.383. The number of nitro groups is 1. The third kappa shape index (κ3) is 3.08. The maximum atomic E-state index is 13.4. The quantitative estimate of drug-likeness (QED) is 0.257. The van der Waals surface area contributed by atoms with Crippen LogP contribution in [0, 0.1) is 10.1 Å². The number of cyclic esters (lactones) is 1. The first-order valence-electron chi connectivity index (χ1n) is 10.6. The average molecular weight is 465 g/mol. The minimum atomic E-state index is -1.61. The summed E-state index contributed by atoms with van der Waals surface area (Å²) in [5, 5.41) is 20.8. The molecule has 4 heterocycles. The van der Waals surface area contributed by atoms with Crippen molar-refractivity contribution >= 4 is 28.5 Å². The van der Waals surface area contributed by atoms with E-state index in [2.05, 4.69) is 4.98 Å². The molecule has 2 aliphatic heterocycles. The number of ether oxygens (including phenoxy) is 2. The summed E-state index contributed by atoms with van der Waals surface area (Å²) in [7, 11) is 0. The predicted octanol–water partition coefficient (Wildman–Crippen LogP) is 2.49. The smallest absolute Gasteiger partial charge is 0.343 e. The molecular weight excluding hydrogens is 446 g/mol. The Hall–Kier alpha value is -4.12. The lowest BCUT2D eigenvalue weighted by Crippen LogP contribution is -2.46. The number of carboxylic acid groups (broad SMARTS) is 1. The fraction of sp³-hybridized carbons (Fsp3) is 0.304. The van der Waals surface area contributed by atoms with Crippen LogP contribution < -0.4 is 5.56 Å². The Balaban J connectivity index is 1.70. The summed E-state index contributed by atoms with van der Waals surface area (Å²) in [4.78, 5) is 52.8. The summed E-state index contributed by atoms with van der Waals surface area (Å²) in [6.45, 7) is 1.40. The van der Waals surface area contributed by atoms with Gasteiger partial charge in [0.15, 0.2) is 5.60 Å². The maximum absolute atomic E-state index is 13.4. The lowest BCUT2D eigenvalue weighted by Gasteiger charge is -2.36. The summed E-state index contributed by atoms with van der Waals surface area (Å²) < 4.78 is 12.6. The number of carboxylic acids is 1. The van der Waals surface area contributed by atoms with Crippen molar-refractivity contribution in [1.82, 2.24) is 9.55 Å². The van der Waals surface area contributed by atoms with Crippen molar-refractivity contribution < 1.29 is 29.1 Å². The summed E-state index contributed by atoms with van der Waals surface area (Å²) in [6, 6.07) is 7.94. The molecule has 0 radical (unpaired) electrons. The van der Waals surface area contributed by atoms with Crippen LogP contribution in [0.2, 0.25) is 0 Å². The highest BCUT2D eigenvalue weighted by atomic mass is 16.6. The standard InChI is InChI=1S/C23H19N3O8/c1-2-23(34-7-6-19(27)28)15-9-18-20-12(10-25(18)21(29)14(15)11-33-22(23)30)8-13-16(24-20)4-3-5-17(13)26(31)32/h3-5,8-9H,2,6-7,10-11H2,1H3,(H,27,28)/t23-/m0/s1. The fourth-order valence-corrected chi connectivity index (χ4v) is 4.69. The lowest BCUT2D eigenvalue weighted by atomic mass is 9.85. The molecule has 0 fully saturated rings. The molecule has 2 aromatic heterocycles. The van der Waals surface area contributed by atoms with Crippen molar-refractivity contribution in [2.45, 2.75) is 38.5 Å². The molecule has 11 nitrogen and oxygen atoms in total. The van der Waals surface area contributed by atoms with Gasteiger partial charge in [-0.3, -0.25) is 19.7 Å². The molecule has 0 bridgehead atoms. The number of benzene rings is 1. The van der Waals surface area contributed by atoms with Crippen molar-refractivity contribution in [3.8, 4) is 11.4 Å². The highest BCUT2D eigenvalue weighted by Crippen LogP contribution is 2.41. The minimum absolute atomic E-state index is 0.0776. The Morgan fingerprint density at radius 2 is 2.15 bits per heavy atom. The van der Waals surface area contributed by atoms with E-state index in [1.165, 1.54) is 10.6 Å². The second-order valence-electron chi connectivity index (χ2n) is 8.16. The molecule has 34 heavy (non-hydrogen) atoms.